The average molecular weight is 289 g/mol. The van der Waals surface area contributed by atoms with Crippen LogP contribution in [0.15, 0.2) is 29.1 Å². The SMILES string of the molecule is O=C(NCc1ccco1)C1CCC(Cn2cnnn2)CC1. The third kappa shape index (κ3) is 3.68. The summed E-state index contributed by atoms with van der Waals surface area (Å²) in [6.07, 6.45) is 7.19. The fourth-order valence-corrected chi connectivity index (χ4v) is 2.87. The maximum absolute atomic E-state index is 12.1. The molecule has 21 heavy (non-hydrogen) atoms. The van der Waals surface area contributed by atoms with Crippen molar-refractivity contribution in [2.75, 3.05) is 0 Å². The second kappa shape index (κ2) is 6.51. The molecule has 0 spiro atoms. The molecule has 2 aromatic heterocycles. The molecule has 1 N–H and O–H groups in total. The molecule has 1 amide bonds. The second-order valence-electron chi connectivity index (χ2n) is 5.55. The van der Waals surface area contributed by atoms with Gasteiger partial charge >= 0.3 is 0 Å². The number of nitrogens with one attached hydrogen (secondary N) is 1. The Labute approximate surface area is 122 Å². The zero-order valence-corrected chi connectivity index (χ0v) is 11.8. The van der Waals surface area contributed by atoms with E-state index in [9.17, 15) is 4.79 Å². The van der Waals surface area contributed by atoms with Gasteiger partial charge in [0, 0.05) is 12.5 Å². The molecule has 3 rings (SSSR count). The molecule has 112 valence electrons. The minimum absolute atomic E-state index is 0.116. The van der Waals surface area contributed by atoms with Gasteiger partial charge in [0.1, 0.15) is 12.1 Å². The van der Waals surface area contributed by atoms with Crippen molar-refractivity contribution < 1.29 is 9.21 Å². The summed E-state index contributed by atoms with van der Waals surface area (Å²) in [6.45, 7) is 1.31. The van der Waals surface area contributed by atoms with E-state index in [1.54, 1.807) is 17.3 Å². The van der Waals surface area contributed by atoms with E-state index >= 15 is 0 Å². The first kappa shape index (κ1) is 13.8. The Morgan fingerprint density at radius 1 is 1.38 bits per heavy atom. The highest BCUT2D eigenvalue weighted by atomic mass is 16.3. The van der Waals surface area contributed by atoms with Crippen LogP contribution in [-0.2, 0) is 17.9 Å². The first-order valence-corrected chi connectivity index (χ1v) is 7.32. The van der Waals surface area contributed by atoms with Crippen LogP contribution < -0.4 is 5.32 Å². The Morgan fingerprint density at radius 3 is 2.90 bits per heavy atom. The molecular weight excluding hydrogens is 270 g/mol. The molecule has 2 aromatic rings. The lowest BCUT2D eigenvalue weighted by Gasteiger charge is -2.27. The maximum Gasteiger partial charge on any atom is 0.223 e. The van der Waals surface area contributed by atoms with Crippen molar-refractivity contribution in [3.05, 3.63) is 30.5 Å². The van der Waals surface area contributed by atoms with Gasteiger partial charge < -0.3 is 9.73 Å². The molecule has 7 heteroatoms. The number of carbonyl (C=O) groups excluding carboxylic acids is 1. The topological polar surface area (TPSA) is 85.8 Å². The van der Waals surface area contributed by atoms with Gasteiger partial charge in [0.15, 0.2) is 0 Å². The van der Waals surface area contributed by atoms with Gasteiger partial charge in [-0.05, 0) is 54.2 Å². The fraction of sp³-hybridized carbons (Fsp3) is 0.571. The number of tetrazole rings is 1. The molecule has 2 heterocycles. The number of amides is 1. The van der Waals surface area contributed by atoms with Crippen molar-refractivity contribution in [1.82, 2.24) is 25.5 Å². The molecule has 0 bridgehead atoms. The van der Waals surface area contributed by atoms with E-state index in [2.05, 4.69) is 20.8 Å². The van der Waals surface area contributed by atoms with Gasteiger partial charge in [0.2, 0.25) is 5.91 Å². The molecule has 0 atom stereocenters. The Bertz CT molecular complexity index is 544. The molecular formula is C14H19N5O2. The van der Waals surface area contributed by atoms with E-state index < -0.39 is 0 Å². The van der Waals surface area contributed by atoms with Crippen molar-refractivity contribution in [2.24, 2.45) is 11.8 Å². The highest BCUT2D eigenvalue weighted by Crippen LogP contribution is 2.29. The molecule has 1 aliphatic carbocycles. The number of hydrogen-bond donors (Lipinski definition) is 1. The summed E-state index contributed by atoms with van der Waals surface area (Å²) < 4.78 is 6.98. The third-order valence-electron chi connectivity index (χ3n) is 4.07. The smallest absolute Gasteiger partial charge is 0.223 e. The lowest BCUT2D eigenvalue weighted by molar-refractivity contribution is -0.126. The molecule has 1 fully saturated rings. The van der Waals surface area contributed by atoms with Gasteiger partial charge in [0.25, 0.3) is 0 Å². The summed E-state index contributed by atoms with van der Waals surface area (Å²) in [6, 6.07) is 3.69. The van der Waals surface area contributed by atoms with Crippen LogP contribution in [0.25, 0.3) is 0 Å². The van der Waals surface area contributed by atoms with Crippen LogP contribution in [0, 0.1) is 11.8 Å². The van der Waals surface area contributed by atoms with Crippen molar-refractivity contribution >= 4 is 5.91 Å². The standard InChI is InChI=1S/C14H19N5O2/c20-14(15-8-13-2-1-7-21-13)12-5-3-11(4-6-12)9-19-10-16-17-18-19/h1-2,7,10-12H,3-6,8-9H2,(H,15,20). The first-order valence-electron chi connectivity index (χ1n) is 7.32. The number of carbonyl (C=O) groups is 1. The summed E-state index contributed by atoms with van der Waals surface area (Å²) >= 11 is 0. The van der Waals surface area contributed by atoms with Crippen molar-refractivity contribution in [1.29, 1.82) is 0 Å². The van der Waals surface area contributed by atoms with Gasteiger partial charge in [-0.1, -0.05) is 0 Å². The minimum Gasteiger partial charge on any atom is -0.467 e. The molecule has 7 nitrogen and oxygen atoms in total. The molecule has 0 radical (unpaired) electrons. The number of nitrogens with zero attached hydrogens (tertiary/aromatic N) is 4. The monoisotopic (exact) mass is 289 g/mol. The van der Waals surface area contributed by atoms with Crippen LogP contribution in [0.4, 0.5) is 0 Å². The highest BCUT2D eigenvalue weighted by molar-refractivity contribution is 5.78. The molecule has 1 aliphatic rings. The minimum atomic E-state index is 0.116. The Morgan fingerprint density at radius 2 is 2.24 bits per heavy atom. The Hall–Kier alpha value is -2.18. The van der Waals surface area contributed by atoms with Crippen molar-refractivity contribution in [2.45, 2.75) is 38.8 Å². The quantitative estimate of drug-likeness (QED) is 0.899. The van der Waals surface area contributed by atoms with E-state index in [-0.39, 0.29) is 11.8 Å². The highest BCUT2D eigenvalue weighted by Gasteiger charge is 2.26. The lowest BCUT2D eigenvalue weighted by atomic mass is 9.81. The van der Waals surface area contributed by atoms with Crippen molar-refractivity contribution in [3.63, 3.8) is 0 Å². The second-order valence-corrected chi connectivity index (χ2v) is 5.55. The zero-order valence-electron chi connectivity index (χ0n) is 11.8. The van der Waals surface area contributed by atoms with E-state index in [4.69, 9.17) is 4.42 Å². The number of hydrogen-bond acceptors (Lipinski definition) is 5. The van der Waals surface area contributed by atoms with Crippen LogP contribution in [-0.4, -0.2) is 26.1 Å². The van der Waals surface area contributed by atoms with Gasteiger partial charge in [-0.2, -0.15) is 0 Å². The van der Waals surface area contributed by atoms with E-state index in [1.807, 2.05) is 12.1 Å². The molecule has 0 aromatic carbocycles. The lowest BCUT2D eigenvalue weighted by Crippen LogP contribution is -2.33. The van der Waals surface area contributed by atoms with Crippen LogP contribution >= 0.6 is 0 Å². The van der Waals surface area contributed by atoms with Crippen LogP contribution in [0.3, 0.4) is 0 Å². The van der Waals surface area contributed by atoms with E-state index in [0.717, 1.165) is 38.0 Å². The average Bonchev–Trinajstić information content (AvgIpc) is 3.19. The summed E-state index contributed by atoms with van der Waals surface area (Å²) in [4.78, 5) is 12.1. The number of aromatic nitrogens is 4. The third-order valence-corrected chi connectivity index (χ3v) is 4.07. The summed E-state index contributed by atoms with van der Waals surface area (Å²) in [5.41, 5.74) is 0. The molecule has 1 saturated carbocycles. The van der Waals surface area contributed by atoms with Crippen molar-refractivity contribution in [3.8, 4) is 0 Å². The van der Waals surface area contributed by atoms with Gasteiger partial charge in [-0.25, -0.2) is 4.68 Å². The van der Waals surface area contributed by atoms with Gasteiger partial charge in [-0.15, -0.1) is 5.10 Å². The predicted octanol–water partition coefficient (Wildman–Crippen LogP) is 1.39. The van der Waals surface area contributed by atoms with Crippen LogP contribution in [0.2, 0.25) is 0 Å². The maximum atomic E-state index is 12.1. The Balaban J connectivity index is 1.41. The van der Waals surface area contributed by atoms with Crippen LogP contribution in [0.1, 0.15) is 31.4 Å². The largest absolute Gasteiger partial charge is 0.467 e. The van der Waals surface area contributed by atoms with Gasteiger partial charge in [0.05, 0.1) is 12.8 Å². The molecule has 0 saturated heterocycles. The summed E-state index contributed by atoms with van der Waals surface area (Å²) in [5.74, 6) is 1.59. The number of rotatable bonds is 5. The predicted molar refractivity (Wildman–Crippen MR) is 73.8 cm³/mol. The molecule has 0 aliphatic heterocycles. The summed E-state index contributed by atoms with van der Waals surface area (Å²) in [7, 11) is 0. The van der Waals surface area contributed by atoms with E-state index in [0.29, 0.717) is 12.5 Å². The molecule has 0 unspecified atom stereocenters. The normalized spacial score (nSPS) is 22.1. The first-order chi connectivity index (χ1) is 10.3. The van der Waals surface area contributed by atoms with Crippen LogP contribution in [0.5, 0.6) is 0 Å². The van der Waals surface area contributed by atoms with E-state index in [1.165, 1.54) is 0 Å². The summed E-state index contributed by atoms with van der Waals surface area (Å²) in [5, 5.41) is 14.1. The zero-order chi connectivity index (χ0) is 14.5. The number of furan rings is 1. The fourth-order valence-electron chi connectivity index (χ4n) is 2.87. The van der Waals surface area contributed by atoms with Gasteiger partial charge in [-0.3, -0.25) is 4.79 Å². The Kier molecular flexibility index (Phi) is 4.28.